The summed E-state index contributed by atoms with van der Waals surface area (Å²) in [4.78, 5) is 39.8. The van der Waals surface area contributed by atoms with Gasteiger partial charge in [0.1, 0.15) is 17.8 Å². The van der Waals surface area contributed by atoms with E-state index in [-0.39, 0.29) is 29.9 Å². The lowest BCUT2D eigenvalue weighted by atomic mass is 9.83. The Kier molecular flexibility index (Phi) is 7.12. The van der Waals surface area contributed by atoms with Gasteiger partial charge in [-0.05, 0) is 49.3 Å². The Morgan fingerprint density at radius 2 is 1.93 bits per heavy atom. The van der Waals surface area contributed by atoms with E-state index in [2.05, 4.69) is 5.32 Å². The average Bonchev–Trinajstić information content (AvgIpc) is 3.21. The first kappa shape index (κ1) is 21.1. The monoisotopic (exact) mass is 402 g/mol. The summed E-state index contributed by atoms with van der Waals surface area (Å²) < 4.78 is 4.87. The Morgan fingerprint density at radius 3 is 2.62 bits per heavy atom. The number of phenols is 1. The van der Waals surface area contributed by atoms with E-state index in [0.29, 0.717) is 18.5 Å². The molecule has 1 saturated heterocycles. The molecule has 0 radical (unpaired) electrons. The molecule has 2 amide bonds. The molecule has 29 heavy (non-hydrogen) atoms. The van der Waals surface area contributed by atoms with Crippen LogP contribution in [0.2, 0.25) is 0 Å². The molecule has 3 rings (SSSR count). The standard InChI is InChI=1S/C22H30N2O5/c1-29-22(28)18-11-6-12-24(18)21(27)20(16-8-3-2-4-9-16)23-19(26)14-15-7-5-10-17(25)13-15/h5,7,10,13,16,18,20,25H,2-4,6,8-9,11-12,14H2,1H3,(H,23,26)/t18?,20-/m0/s1. The van der Waals surface area contributed by atoms with Crippen molar-refractivity contribution in [3.63, 3.8) is 0 Å². The summed E-state index contributed by atoms with van der Waals surface area (Å²) in [5, 5.41) is 12.6. The van der Waals surface area contributed by atoms with E-state index in [0.717, 1.165) is 38.5 Å². The van der Waals surface area contributed by atoms with Crippen molar-refractivity contribution < 1.29 is 24.2 Å². The Labute approximate surface area is 171 Å². The van der Waals surface area contributed by atoms with E-state index >= 15 is 0 Å². The molecule has 1 unspecified atom stereocenters. The molecule has 1 aromatic rings. The van der Waals surface area contributed by atoms with Crippen LogP contribution >= 0.6 is 0 Å². The Morgan fingerprint density at radius 1 is 1.17 bits per heavy atom. The summed E-state index contributed by atoms with van der Waals surface area (Å²) >= 11 is 0. The van der Waals surface area contributed by atoms with Crippen LogP contribution in [-0.4, -0.2) is 53.5 Å². The van der Waals surface area contributed by atoms with Gasteiger partial charge in [0, 0.05) is 6.54 Å². The van der Waals surface area contributed by atoms with E-state index in [1.165, 1.54) is 7.11 Å². The highest BCUT2D eigenvalue weighted by molar-refractivity contribution is 5.91. The highest BCUT2D eigenvalue weighted by Crippen LogP contribution is 2.29. The SMILES string of the molecule is COC(=O)C1CCCN1C(=O)[C@@H](NC(=O)Cc1cccc(O)c1)C1CCCCC1. The number of phenolic OH excluding ortho intramolecular Hbond substituents is 1. The van der Waals surface area contributed by atoms with Crippen LogP contribution in [0, 0.1) is 5.92 Å². The summed E-state index contributed by atoms with van der Waals surface area (Å²) in [5.41, 5.74) is 0.686. The summed E-state index contributed by atoms with van der Waals surface area (Å²) in [5.74, 6) is -0.664. The van der Waals surface area contributed by atoms with Crippen molar-refractivity contribution in [1.29, 1.82) is 0 Å². The first-order valence-corrected chi connectivity index (χ1v) is 10.4. The van der Waals surface area contributed by atoms with Gasteiger partial charge in [0.2, 0.25) is 11.8 Å². The predicted octanol–water partition coefficient (Wildman–Crippen LogP) is 2.16. The summed E-state index contributed by atoms with van der Waals surface area (Å²) in [6, 6.07) is 5.35. The minimum Gasteiger partial charge on any atom is -0.508 e. The number of benzene rings is 1. The van der Waals surface area contributed by atoms with Crippen molar-refractivity contribution in [3.8, 4) is 5.75 Å². The second kappa shape index (κ2) is 9.76. The van der Waals surface area contributed by atoms with E-state index in [1.807, 2.05) is 0 Å². The zero-order chi connectivity index (χ0) is 20.8. The van der Waals surface area contributed by atoms with Crippen LogP contribution in [0.15, 0.2) is 24.3 Å². The maximum absolute atomic E-state index is 13.4. The molecular formula is C22H30N2O5. The molecule has 1 aromatic carbocycles. The van der Waals surface area contributed by atoms with Crippen molar-refractivity contribution in [1.82, 2.24) is 10.2 Å². The van der Waals surface area contributed by atoms with Gasteiger partial charge in [-0.3, -0.25) is 9.59 Å². The molecule has 1 aliphatic carbocycles. The average molecular weight is 402 g/mol. The lowest BCUT2D eigenvalue weighted by Gasteiger charge is -2.34. The lowest BCUT2D eigenvalue weighted by Crippen LogP contribution is -2.55. The molecule has 158 valence electrons. The number of likely N-dealkylation sites (tertiary alicyclic amines) is 1. The maximum atomic E-state index is 13.4. The largest absolute Gasteiger partial charge is 0.508 e. The molecule has 1 saturated carbocycles. The second-order valence-electron chi connectivity index (χ2n) is 8.00. The highest BCUT2D eigenvalue weighted by atomic mass is 16.5. The van der Waals surface area contributed by atoms with Gasteiger partial charge in [0.25, 0.3) is 0 Å². The lowest BCUT2D eigenvalue weighted by molar-refractivity contribution is -0.152. The van der Waals surface area contributed by atoms with Crippen LogP contribution in [0.3, 0.4) is 0 Å². The molecule has 1 heterocycles. The van der Waals surface area contributed by atoms with Crippen LogP contribution in [0.25, 0.3) is 0 Å². The molecule has 0 bridgehead atoms. The van der Waals surface area contributed by atoms with Gasteiger partial charge in [-0.2, -0.15) is 0 Å². The van der Waals surface area contributed by atoms with Crippen LogP contribution in [0.4, 0.5) is 0 Å². The first-order valence-electron chi connectivity index (χ1n) is 10.4. The van der Waals surface area contributed by atoms with Crippen LogP contribution < -0.4 is 5.32 Å². The fraction of sp³-hybridized carbons (Fsp3) is 0.591. The molecule has 0 spiro atoms. The summed E-state index contributed by atoms with van der Waals surface area (Å²) in [7, 11) is 1.33. The van der Waals surface area contributed by atoms with Crippen LogP contribution in [0.1, 0.15) is 50.5 Å². The molecule has 2 N–H and O–H groups in total. The topological polar surface area (TPSA) is 95.9 Å². The number of rotatable bonds is 6. The third-order valence-corrected chi connectivity index (χ3v) is 5.99. The predicted molar refractivity (Wildman–Crippen MR) is 107 cm³/mol. The Balaban J connectivity index is 1.74. The normalized spacial score (nSPS) is 20.9. The number of nitrogens with zero attached hydrogens (tertiary/aromatic N) is 1. The molecule has 2 fully saturated rings. The van der Waals surface area contributed by atoms with Crippen molar-refractivity contribution in [2.45, 2.75) is 63.5 Å². The number of hydrogen-bond acceptors (Lipinski definition) is 5. The molecule has 7 nitrogen and oxygen atoms in total. The third kappa shape index (κ3) is 5.28. The van der Waals surface area contributed by atoms with Crippen molar-refractivity contribution >= 4 is 17.8 Å². The molecule has 0 aromatic heterocycles. The molecule has 1 aliphatic heterocycles. The van der Waals surface area contributed by atoms with E-state index < -0.39 is 18.1 Å². The number of esters is 1. The van der Waals surface area contributed by atoms with E-state index in [4.69, 9.17) is 4.74 Å². The highest BCUT2D eigenvalue weighted by Gasteiger charge is 2.41. The minimum absolute atomic E-state index is 0.0725. The van der Waals surface area contributed by atoms with Crippen molar-refractivity contribution in [2.75, 3.05) is 13.7 Å². The van der Waals surface area contributed by atoms with Gasteiger partial charge in [0.05, 0.1) is 13.5 Å². The van der Waals surface area contributed by atoms with E-state index in [9.17, 15) is 19.5 Å². The third-order valence-electron chi connectivity index (χ3n) is 5.99. The second-order valence-corrected chi connectivity index (χ2v) is 8.00. The Hall–Kier alpha value is -2.57. The van der Waals surface area contributed by atoms with Gasteiger partial charge < -0.3 is 20.1 Å². The maximum Gasteiger partial charge on any atom is 0.328 e. The van der Waals surface area contributed by atoms with Gasteiger partial charge in [0.15, 0.2) is 0 Å². The number of aromatic hydroxyl groups is 1. The first-order chi connectivity index (χ1) is 14.0. The number of nitrogens with one attached hydrogen (secondary N) is 1. The zero-order valence-corrected chi connectivity index (χ0v) is 16.9. The van der Waals surface area contributed by atoms with Gasteiger partial charge in [-0.1, -0.05) is 31.4 Å². The number of methoxy groups -OCH3 is 1. The zero-order valence-electron chi connectivity index (χ0n) is 16.9. The van der Waals surface area contributed by atoms with Crippen molar-refractivity contribution in [2.24, 2.45) is 5.92 Å². The Bertz CT molecular complexity index is 744. The fourth-order valence-electron chi connectivity index (χ4n) is 4.52. The van der Waals surface area contributed by atoms with Gasteiger partial charge in [-0.15, -0.1) is 0 Å². The number of ether oxygens (including phenoxy) is 1. The molecule has 2 atom stereocenters. The van der Waals surface area contributed by atoms with Crippen LogP contribution in [0.5, 0.6) is 5.75 Å². The van der Waals surface area contributed by atoms with Gasteiger partial charge in [-0.25, -0.2) is 4.79 Å². The number of carbonyl (C=O) groups is 3. The molecule has 7 heteroatoms. The van der Waals surface area contributed by atoms with Gasteiger partial charge >= 0.3 is 5.97 Å². The number of hydrogen-bond donors (Lipinski definition) is 2. The van der Waals surface area contributed by atoms with E-state index in [1.54, 1.807) is 29.2 Å². The number of amides is 2. The van der Waals surface area contributed by atoms with Crippen LogP contribution in [-0.2, 0) is 25.5 Å². The summed E-state index contributed by atoms with van der Waals surface area (Å²) in [6.07, 6.45) is 6.43. The number of carbonyl (C=O) groups excluding carboxylic acids is 3. The minimum atomic E-state index is -0.634. The summed E-state index contributed by atoms with van der Waals surface area (Å²) in [6.45, 7) is 0.504. The molecular weight excluding hydrogens is 372 g/mol. The molecule has 2 aliphatic rings. The van der Waals surface area contributed by atoms with Crippen molar-refractivity contribution in [3.05, 3.63) is 29.8 Å². The fourth-order valence-corrected chi connectivity index (χ4v) is 4.52. The quantitative estimate of drug-likeness (QED) is 0.711. The smallest absolute Gasteiger partial charge is 0.328 e.